The Kier molecular flexibility index (Phi) is 4.90. The Hall–Kier alpha value is -1.17. The molecule has 108 valence electrons. The maximum atomic E-state index is 14.9. The molecule has 6 heteroatoms. The number of halogens is 1. The molecule has 0 N–H and O–H groups in total. The number of rotatable bonds is 5. The van der Waals surface area contributed by atoms with Crippen LogP contribution >= 0.6 is 0 Å². The Labute approximate surface area is 113 Å². The lowest BCUT2D eigenvalue weighted by molar-refractivity contribution is -0.136. The number of hydrogen-bond acceptors (Lipinski definition) is 4. The summed E-state index contributed by atoms with van der Waals surface area (Å²) >= 11 is 0. The van der Waals surface area contributed by atoms with E-state index in [4.69, 9.17) is 0 Å². The van der Waals surface area contributed by atoms with Crippen molar-refractivity contribution in [2.75, 3.05) is 13.4 Å². The van der Waals surface area contributed by atoms with E-state index in [1.807, 2.05) is 6.92 Å². The van der Waals surface area contributed by atoms with Gasteiger partial charge < -0.3 is 4.74 Å². The van der Waals surface area contributed by atoms with Gasteiger partial charge in [0.05, 0.1) is 7.11 Å². The van der Waals surface area contributed by atoms with Gasteiger partial charge in [0.2, 0.25) is 5.00 Å². The molecule has 1 rings (SSSR count). The molecule has 0 bridgehead atoms. The van der Waals surface area contributed by atoms with Crippen molar-refractivity contribution in [1.82, 2.24) is 0 Å². The number of sulfone groups is 1. The van der Waals surface area contributed by atoms with Gasteiger partial charge in [-0.3, -0.25) is 0 Å². The summed E-state index contributed by atoms with van der Waals surface area (Å²) in [5.41, 5.74) is 0.250. The lowest BCUT2D eigenvalue weighted by Gasteiger charge is -2.29. The fourth-order valence-electron chi connectivity index (χ4n) is 2.02. The molecule has 0 spiro atoms. The molecule has 1 unspecified atom stereocenters. The number of unbranched alkanes of at least 4 members (excludes halogenated alkanes) is 1. The Morgan fingerprint density at radius 3 is 2.58 bits per heavy atom. The van der Waals surface area contributed by atoms with Crippen LogP contribution in [-0.4, -0.2) is 32.8 Å². The molecule has 0 saturated heterocycles. The highest BCUT2D eigenvalue weighted by Gasteiger charge is 2.47. The molecule has 0 heterocycles. The molecule has 0 aromatic heterocycles. The van der Waals surface area contributed by atoms with Crippen LogP contribution in [0, 0.1) is 0 Å². The van der Waals surface area contributed by atoms with Crippen LogP contribution in [0.2, 0.25) is 0 Å². The van der Waals surface area contributed by atoms with E-state index in [2.05, 4.69) is 4.74 Å². The third kappa shape index (κ3) is 3.23. The van der Waals surface area contributed by atoms with Crippen LogP contribution in [0.25, 0.3) is 0 Å². The fourth-order valence-corrected chi connectivity index (χ4v) is 3.08. The van der Waals surface area contributed by atoms with Crippen LogP contribution in [0.5, 0.6) is 0 Å². The zero-order valence-electron chi connectivity index (χ0n) is 11.4. The Balaban J connectivity index is 3.19. The lowest BCUT2D eigenvalue weighted by Crippen LogP contribution is -2.38. The van der Waals surface area contributed by atoms with E-state index in [1.54, 1.807) is 0 Å². The Morgan fingerprint density at radius 2 is 2.11 bits per heavy atom. The van der Waals surface area contributed by atoms with Crippen LogP contribution in [0.3, 0.4) is 0 Å². The van der Waals surface area contributed by atoms with E-state index >= 15 is 0 Å². The maximum Gasteiger partial charge on any atom is 0.333 e. The minimum absolute atomic E-state index is 0.0377. The summed E-state index contributed by atoms with van der Waals surface area (Å²) in [5, 5.41) is -2.50. The molecular weight excluding hydrogens is 271 g/mol. The van der Waals surface area contributed by atoms with Crippen LogP contribution in [0.15, 0.2) is 23.3 Å². The minimum atomic E-state index is -3.96. The summed E-state index contributed by atoms with van der Waals surface area (Å²) in [7, 11) is -2.78. The first kappa shape index (κ1) is 15.9. The summed E-state index contributed by atoms with van der Waals surface area (Å²) in [6, 6.07) is 0. The molecule has 0 radical (unpaired) electrons. The zero-order valence-corrected chi connectivity index (χ0v) is 12.2. The molecule has 0 aromatic rings. The van der Waals surface area contributed by atoms with E-state index in [9.17, 15) is 17.6 Å². The van der Waals surface area contributed by atoms with Gasteiger partial charge >= 0.3 is 5.97 Å². The SMILES string of the molecule is CCCCC1=CC=C(C(=O)OC)CC1(F)S(C)(=O)=O. The van der Waals surface area contributed by atoms with Crippen LogP contribution < -0.4 is 0 Å². The van der Waals surface area contributed by atoms with Gasteiger partial charge in [0.25, 0.3) is 0 Å². The molecule has 4 nitrogen and oxygen atoms in total. The molecule has 1 aliphatic carbocycles. The average molecular weight is 290 g/mol. The molecular formula is C13H19FO4S. The van der Waals surface area contributed by atoms with Crippen molar-refractivity contribution in [3.63, 3.8) is 0 Å². The van der Waals surface area contributed by atoms with Gasteiger partial charge in [-0.1, -0.05) is 25.5 Å². The first-order valence-electron chi connectivity index (χ1n) is 6.13. The summed E-state index contributed by atoms with van der Waals surface area (Å²) < 4.78 is 42.9. The van der Waals surface area contributed by atoms with Gasteiger partial charge in [0.15, 0.2) is 9.84 Å². The molecule has 0 saturated carbocycles. The third-order valence-corrected chi connectivity index (χ3v) is 4.80. The van der Waals surface area contributed by atoms with Gasteiger partial charge in [-0.2, -0.15) is 0 Å². The number of methoxy groups -OCH3 is 1. The predicted octanol–water partition coefficient (Wildman–Crippen LogP) is 2.32. The second-order valence-corrected chi connectivity index (χ2v) is 6.85. The van der Waals surface area contributed by atoms with Gasteiger partial charge in [-0.15, -0.1) is 0 Å². The molecule has 19 heavy (non-hydrogen) atoms. The van der Waals surface area contributed by atoms with Crippen molar-refractivity contribution in [3.05, 3.63) is 23.3 Å². The highest BCUT2D eigenvalue weighted by Crippen LogP contribution is 2.40. The maximum absolute atomic E-state index is 14.9. The monoisotopic (exact) mass is 290 g/mol. The molecule has 0 amide bonds. The quantitative estimate of drug-likeness (QED) is 0.729. The summed E-state index contributed by atoms with van der Waals surface area (Å²) in [6.07, 6.45) is 5.12. The number of alkyl halides is 1. The van der Waals surface area contributed by atoms with Crippen molar-refractivity contribution in [2.24, 2.45) is 0 Å². The third-order valence-electron chi connectivity index (χ3n) is 3.22. The van der Waals surface area contributed by atoms with Gasteiger partial charge in [-0.25, -0.2) is 17.6 Å². The van der Waals surface area contributed by atoms with Crippen LogP contribution in [0.4, 0.5) is 4.39 Å². The summed E-state index contributed by atoms with van der Waals surface area (Å²) in [4.78, 5) is 11.4. The van der Waals surface area contributed by atoms with Crippen molar-refractivity contribution in [1.29, 1.82) is 0 Å². The molecule has 1 atom stereocenters. The molecule has 0 aromatic carbocycles. The molecule has 0 fully saturated rings. The van der Waals surface area contributed by atoms with Crippen molar-refractivity contribution in [2.45, 2.75) is 37.6 Å². The van der Waals surface area contributed by atoms with E-state index in [0.29, 0.717) is 12.8 Å². The van der Waals surface area contributed by atoms with E-state index in [1.165, 1.54) is 19.3 Å². The van der Waals surface area contributed by atoms with Gasteiger partial charge in [-0.05, 0) is 18.4 Å². The molecule has 1 aliphatic rings. The highest BCUT2D eigenvalue weighted by molar-refractivity contribution is 7.92. The average Bonchev–Trinajstić information content (AvgIpc) is 2.35. The van der Waals surface area contributed by atoms with Crippen LogP contribution in [0.1, 0.15) is 32.6 Å². The lowest BCUT2D eigenvalue weighted by atomic mass is 9.92. The van der Waals surface area contributed by atoms with Crippen molar-refractivity contribution in [3.8, 4) is 0 Å². The largest absolute Gasteiger partial charge is 0.466 e. The number of carbonyl (C=O) groups is 1. The topological polar surface area (TPSA) is 60.4 Å². The molecule has 0 aliphatic heterocycles. The fraction of sp³-hybridized carbons (Fsp3) is 0.615. The van der Waals surface area contributed by atoms with E-state index < -0.39 is 27.2 Å². The van der Waals surface area contributed by atoms with E-state index in [-0.39, 0.29) is 11.1 Å². The van der Waals surface area contributed by atoms with E-state index in [0.717, 1.165) is 12.7 Å². The zero-order chi connectivity index (χ0) is 14.7. The Morgan fingerprint density at radius 1 is 1.47 bits per heavy atom. The highest BCUT2D eigenvalue weighted by atomic mass is 32.2. The smallest absolute Gasteiger partial charge is 0.333 e. The first-order valence-corrected chi connectivity index (χ1v) is 8.02. The summed E-state index contributed by atoms with van der Waals surface area (Å²) in [5.74, 6) is -0.698. The first-order chi connectivity index (χ1) is 8.76. The normalized spacial score (nSPS) is 23.6. The standard InChI is InChI=1S/C13H19FO4S/c1-4-5-6-11-8-7-10(12(15)18-2)9-13(11,14)19(3,16)17/h7-8H,4-6,9H2,1-3H3. The number of ether oxygens (including phenoxy) is 1. The second-order valence-electron chi connectivity index (χ2n) is 4.66. The summed E-state index contributed by atoms with van der Waals surface area (Å²) in [6.45, 7) is 1.94. The predicted molar refractivity (Wildman–Crippen MR) is 71.0 cm³/mol. The van der Waals surface area contributed by atoms with Crippen molar-refractivity contribution >= 4 is 15.8 Å². The second kappa shape index (κ2) is 5.86. The van der Waals surface area contributed by atoms with Gasteiger partial charge in [0.1, 0.15) is 0 Å². The number of allylic oxidation sites excluding steroid dienone is 2. The van der Waals surface area contributed by atoms with Crippen molar-refractivity contribution < 1.29 is 22.3 Å². The Bertz CT molecular complexity index is 519. The number of carbonyl (C=O) groups excluding carboxylic acids is 1. The van der Waals surface area contributed by atoms with Crippen LogP contribution in [-0.2, 0) is 19.4 Å². The van der Waals surface area contributed by atoms with Gasteiger partial charge in [0, 0.05) is 18.2 Å². The minimum Gasteiger partial charge on any atom is -0.466 e. The number of hydrogen-bond donors (Lipinski definition) is 0. The number of esters is 1.